The van der Waals surface area contributed by atoms with Crippen LogP contribution in [0.2, 0.25) is 0 Å². The van der Waals surface area contributed by atoms with Crippen LogP contribution < -0.4 is 5.32 Å². The molecular formula is C25H27N3O3S. The molecule has 1 aromatic heterocycles. The third-order valence-electron chi connectivity index (χ3n) is 5.32. The lowest BCUT2D eigenvalue weighted by molar-refractivity contribution is 0.0273. The predicted octanol–water partition coefficient (Wildman–Crippen LogP) is 5.35. The maximum atomic E-state index is 12.7. The number of fused-ring (bicyclic) bond motifs is 1. The third kappa shape index (κ3) is 5.16. The molecule has 4 rings (SSSR count). The molecule has 1 saturated heterocycles. The summed E-state index contributed by atoms with van der Waals surface area (Å²) in [6.07, 6.45) is 2.93. The minimum atomic E-state index is -0.557. The van der Waals surface area contributed by atoms with Gasteiger partial charge in [0, 0.05) is 41.3 Å². The second-order valence-corrected chi connectivity index (χ2v) is 9.24. The number of hydrogen-bond donors (Lipinski definition) is 1. The number of anilines is 1. The summed E-state index contributed by atoms with van der Waals surface area (Å²) >= 11 is 5.55. The van der Waals surface area contributed by atoms with Crippen LogP contribution in [0, 0.1) is 0 Å². The smallest absolute Gasteiger partial charge is 0.410 e. The lowest BCUT2D eigenvalue weighted by Gasteiger charge is -2.24. The topological polar surface area (TPSA) is 63.7 Å². The maximum Gasteiger partial charge on any atom is 0.410 e. The molecule has 0 bridgehead atoms. The van der Waals surface area contributed by atoms with Crippen LogP contribution in [0.3, 0.4) is 0 Å². The molecule has 2 heterocycles. The van der Waals surface area contributed by atoms with Gasteiger partial charge in [0.25, 0.3) is 5.17 Å². The number of hydrogen-bond acceptors (Lipinski definition) is 5. The normalized spacial score (nSPS) is 18.4. The number of rotatable bonds is 3. The minimum absolute atomic E-state index is 0.0137. The molecule has 0 unspecified atom stereocenters. The van der Waals surface area contributed by atoms with E-state index in [1.54, 1.807) is 11.1 Å². The van der Waals surface area contributed by atoms with E-state index in [1.807, 2.05) is 81.6 Å². The van der Waals surface area contributed by atoms with Crippen molar-refractivity contribution in [2.75, 3.05) is 18.4 Å². The average Bonchev–Trinajstić information content (AvgIpc) is 3.17. The predicted molar refractivity (Wildman–Crippen MR) is 130 cm³/mol. The average molecular weight is 450 g/mol. The van der Waals surface area contributed by atoms with Gasteiger partial charge in [-0.25, -0.2) is 4.79 Å². The molecule has 0 radical (unpaired) electrons. The van der Waals surface area contributed by atoms with Crippen molar-refractivity contribution in [2.24, 2.45) is 0 Å². The molecule has 1 aliphatic heterocycles. The van der Waals surface area contributed by atoms with Gasteiger partial charge < -0.3 is 19.7 Å². The molecule has 1 fully saturated rings. The molecule has 2 atom stereocenters. The largest absolute Gasteiger partial charge is 0.465 e. The first-order chi connectivity index (χ1) is 15.3. The number of ether oxygens (including phenoxy) is 2. The zero-order chi connectivity index (χ0) is 22.7. The summed E-state index contributed by atoms with van der Waals surface area (Å²) in [4.78, 5) is 18.6. The Balaban J connectivity index is 1.51. The number of aromatic nitrogens is 1. The van der Waals surface area contributed by atoms with Crippen molar-refractivity contribution in [3.05, 3.63) is 72.6 Å². The number of amides is 1. The van der Waals surface area contributed by atoms with E-state index in [-0.39, 0.29) is 23.3 Å². The summed E-state index contributed by atoms with van der Waals surface area (Å²) < 4.78 is 11.8. The first kappa shape index (κ1) is 22.0. The Morgan fingerprint density at radius 1 is 1.09 bits per heavy atom. The number of likely N-dealkylation sites (tertiary alicyclic amines) is 1. The first-order valence-corrected chi connectivity index (χ1v) is 11.0. The Hall–Kier alpha value is -3.19. The Morgan fingerprint density at radius 3 is 2.62 bits per heavy atom. The third-order valence-corrected chi connectivity index (χ3v) is 5.52. The number of thiocarbonyl (C=S) groups is 1. The van der Waals surface area contributed by atoms with Crippen molar-refractivity contribution in [1.82, 2.24) is 9.88 Å². The Bertz CT molecular complexity index is 1110. The summed E-state index contributed by atoms with van der Waals surface area (Å²) in [6, 6.07) is 17.9. The van der Waals surface area contributed by atoms with Crippen LogP contribution in [0.1, 0.15) is 32.3 Å². The second-order valence-electron chi connectivity index (χ2n) is 8.87. The van der Waals surface area contributed by atoms with Gasteiger partial charge in [-0.15, -0.1) is 0 Å². The van der Waals surface area contributed by atoms with E-state index in [2.05, 4.69) is 10.3 Å². The first-order valence-electron chi connectivity index (χ1n) is 10.6. The number of pyridine rings is 1. The van der Waals surface area contributed by atoms with E-state index in [1.165, 1.54) is 0 Å². The molecule has 7 heteroatoms. The standard InChI is InChI=1S/C25H27N3O3S/c1-25(2,3)31-24(29)28-15-20(17-8-5-4-6-9-17)22(16-28)30-23(32)27-21-11-7-10-18-14-26-13-12-19(18)21/h4-14,20,22H,15-16H2,1-3H3,(H,27,32)/t20-,22-/m1/s1. The lowest BCUT2D eigenvalue weighted by atomic mass is 9.96. The van der Waals surface area contributed by atoms with E-state index in [9.17, 15) is 4.79 Å². The molecule has 1 N–H and O–H groups in total. The number of carbonyl (C=O) groups is 1. The highest BCUT2D eigenvalue weighted by Crippen LogP contribution is 2.31. The van der Waals surface area contributed by atoms with Gasteiger partial charge in [0.2, 0.25) is 0 Å². The molecule has 0 spiro atoms. The Morgan fingerprint density at radius 2 is 1.88 bits per heavy atom. The van der Waals surface area contributed by atoms with Crippen molar-refractivity contribution < 1.29 is 14.3 Å². The van der Waals surface area contributed by atoms with Crippen LogP contribution in [-0.2, 0) is 9.47 Å². The molecule has 0 aliphatic carbocycles. The molecule has 1 amide bonds. The minimum Gasteiger partial charge on any atom is -0.465 e. The molecule has 1 aliphatic rings. The van der Waals surface area contributed by atoms with Gasteiger partial charge in [-0.1, -0.05) is 42.5 Å². The fourth-order valence-electron chi connectivity index (χ4n) is 3.90. The fraction of sp³-hybridized carbons (Fsp3) is 0.320. The number of nitrogens with one attached hydrogen (secondary N) is 1. The van der Waals surface area contributed by atoms with E-state index < -0.39 is 5.60 Å². The van der Waals surface area contributed by atoms with Crippen molar-refractivity contribution in [3.63, 3.8) is 0 Å². The van der Waals surface area contributed by atoms with Crippen molar-refractivity contribution in [2.45, 2.75) is 38.4 Å². The van der Waals surface area contributed by atoms with E-state index in [4.69, 9.17) is 21.7 Å². The van der Waals surface area contributed by atoms with E-state index in [0.29, 0.717) is 13.1 Å². The number of nitrogens with zero attached hydrogens (tertiary/aromatic N) is 2. The van der Waals surface area contributed by atoms with Crippen LogP contribution in [0.5, 0.6) is 0 Å². The zero-order valence-electron chi connectivity index (χ0n) is 18.4. The van der Waals surface area contributed by atoms with Gasteiger partial charge in [0.1, 0.15) is 11.7 Å². The fourth-order valence-corrected chi connectivity index (χ4v) is 4.13. The summed E-state index contributed by atoms with van der Waals surface area (Å²) in [7, 11) is 0. The highest BCUT2D eigenvalue weighted by atomic mass is 32.1. The molecule has 0 saturated carbocycles. The van der Waals surface area contributed by atoms with Gasteiger partial charge in [0.05, 0.1) is 6.54 Å². The monoisotopic (exact) mass is 449 g/mol. The molecule has 6 nitrogen and oxygen atoms in total. The Kier molecular flexibility index (Phi) is 6.28. The maximum absolute atomic E-state index is 12.7. The summed E-state index contributed by atoms with van der Waals surface area (Å²) in [5.74, 6) is -0.0137. The lowest BCUT2D eigenvalue weighted by Crippen LogP contribution is -2.36. The van der Waals surface area contributed by atoms with E-state index >= 15 is 0 Å². The quantitative estimate of drug-likeness (QED) is 0.544. The summed E-state index contributed by atoms with van der Waals surface area (Å²) in [6.45, 7) is 6.50. The van der Waals surface area contributed by atoms with Gasteiger partial charge in [0.15, 0.2) is 0 Å². The number of carbonyl (C=O) groups excluding carboxylic acids is 1. The van der Waals surface area contributed by atoms with Gasteiger partial charge in [-0.3, -0.25) is 4.98 Å². The highest BCUT2D eigenvalue weighted by Gasteiger charge is 2.39. The molecule has 3 aromatic rings. The van der Waals surface area contributed by atoms with E-state index in [0.717, 1.165) is 22.0 Å². The molecule has 166 valence electrons. The molecule has 32 heavy (non-hydrogen) atoms. The van der Waals surface area contributed by atoms with Crippen LogP contribution in [0.4, 0.5) is 10.5 Å². The summed E-state index contributed by atoms with van der Waals surface area (Å²) in [5.41, 5.74) is 1.40. The van der Waals surface area contributed by atoms with Gasteiger partial charge in [-0.2, -0.15) is 0 Å². The second kappa shape index (κ2) is 9.12. The highest BCUT2D eigenvalue weighted by molar-refractivity contribution is 7.80. The van der Waals surface area contributed by atoms with Crippen LogP contribution in [0.15, 0.2) is 67.0 Å². The van der Waals surface area contributed by atoms with Crippen LogP contribution in [0.25, 0.3) is 10.8 Å². The van der Waals surface area contributed by atoms with Crippen molar-refractivity contribution >= 4 is 39.9 Å². The number of benzene rings is 2. The SMILES string of the molecule is CC(C)(C)OC(=O)N1C[C@H](c2ccccc2)[C@H](OC(=S)Nc2cccc3cnccc23)C1. The van der Waals surface area contributed by atoms with Crippen molar-refractivity contribution in [1.29, 1.82) is 0 Å². The van der Waals surface area contributed by atoms with Crippen LogP contribution >= 0.6 is 12.2 Å². The summed E-state index contributed by atoms with van der Waals surface area (Å²) in [5, 5.41) is 5.51. The van der Waals surface area contributed by atoms with Gasteiger partial charge in [-0.05, 0) is 50.7 Å². The van der Waals surface area contributed by atoms with Gasteiger partial charge >= 0.3 is 6.09 Å². The zero-order valence-corrected chi connectivity index (χ0v) is 19.3. The van der Waals surface area contributed by atoms with Crippen LogP contribution in [-0.4, -0.2) is 45.9 Å². The molecule has 2 aromatic carbocycles. The Labute approximate surface area is 193 Å². The van der Waals surface area contributed by atoms with Crippen molar-refractivity contribution in [3.8, 4) is 0 Å². The molecular weight excluding hydrogens is 422 g/mol.